The second kappa shape index (κ2) is 10.8. The zero-order valence-electron chi connectivity index (χ0n) is 25.9. The topological polar surface area (TPSA) is 113 Å². The third-order valence-corrected chi connectivity index (χ3v) is 9.34. The molecule has 234 valence electrons. The number of rotatable bonds is 3. The number of ether oxygens (including phenoxy) is 2. The first-order valence-corrected chi connectivity index (χ1v) is 15.9. The molecule has 3 atom stereocenters. The van der Waals surface area contributed by atoms with Gasteiger partial charge < -0.3 is 19.3 Å². The molecule has 0 radical (unpaired) electrons. The molecular weight excluding hydrogens is 584 g/mol. The molecule has 2 bridgehead atoms. The molecule has 4 aromatic rings. The normalized spacial score (nSPS) is 22.6. The number of halogens is 1. The van der Waals surface area contributed by atoms with E-state index in [1.54, 1.807) is 21.0 Å². The molecule has 6 heterocycles. The van der Waals surface area contributed by atoms with Crippen LogP contribution in [0.1, 0.15) is 65.5 Å². The van der Waals surface area contributed by atoms with Crippen LogP contribution in [0.4, 0.5) is 10.7 Å². The van der Waals surface area contributed by atoms with Crippen LogP contribution in [0, 0.1) is 0 Å². The lowest BCUT2D eigenvalue weighted by molar-refractivity contribution is -0.0368. The SMILES string of the molecule is Cn1cc2c(Cl)c(-c3nn(C4CCCCO4)c4nc(N5C6CCCC5CN(C(=O)OC(C)(C)C)C6)n(C)c(=O)c34)ccc2n1. The van der Waals surface area contributed by atoms with Crippen molar-refractivity contribution in [3.8, 4) is 11.3 Å². The molecular formula is C31H39ClN8O4. The molecule has 1 aromatic carbocycles. The first-order chi connectivity index (χ1) is 21.0. The highest BCUT2D eigenvalue weighted by Crippen LogP contribution is 2.39. The molecule has 0 N–H and O–H groups in total. The predicted molar refractivity (Wildman–Crippen MR) is 168 cm³/mol. The highest BCUT2D eigenvalue weighted by molar-refractivity contribution is 6.38. The summed E-state index contributed by atoms with van der Waals surface area (Å²) in [6.07, 6.45) is 6.82. The number of fused-ring (bicyclic) bond motifs is 4. The summed E-state index contributed by atoms with van der Waals surface area (Å²) in [5.74, 6) is 0.582. The van der Waals surface area contributed by atoms with Crippen LogP contribution in [0.2, 0.25) is 5.02 Å². The molecule has 7 rings (SSSR count). The summed E-state index contributed by atoms with van der Waals surface area (Å²) in [4.78, 5) is 36.7. The molecule has 3 aliphatic heterocycles. The summed E-state index contributed by atoms with van der Waals surface area (Å²) in [7, 11) is 3.62. The van der Waals surface area contributed by atoms with Crippen LogP contribution in [-0.2, 0) is 23.6 Å². The number of carbonyl (C=O) groups excluding carboxylic acids is 1. The van der Waals surface area contributed by atoms with Crippen molar-refractivity contribution in [2.75, 3.05) is 24.6 Å². The Balaban J connectivity index is 1.36. The van der Waals surface area contributed by atoms with Crippen LogP contribution in [0.15, 0.2) is 23.1 Å². The number of aryl methyl sites for hydroxylation is 1. The minimum atomic E-state index is -0.568. The van der Waals surface area contributed by atoms with Crippen molar-refractivity contribution < 1.29 is 14.3 Å². The Morgan fingerprint density at radius 1 is 1.05 bits per heavy atom. The van der Waals surface area contributed by atoms with Crippen molar-refractivity contribution in [3.05, 3.63) is 33.7 Å². The van der Waals surface area contributed by atoms with E-state index in [1.165, 1.54) is 0 Å². The lowest BCUT2D eigenvalue weighted by Crippen LogP contribution is -2.63. The standard InChI is InChI=1S/C31H39ClN8O4/c1-31(2,3)44-30(42)38-15-18-9-8-10-19(16-38)39(18)29-33-27-24(28(41)37(29)5)26(35-40(27)23-11-6-7-14-43-23)20-12-13-22-21(25(20)32)17-36(4)34-22/h12-13,17-19,23H,6-11,14-16H2,1-5H3. The molecule has 0 spiro atoms. The van der Waals surface area contributed by atoms with Gasteiger partial charge in [0, 0.05) is 63.0 Å². The molecule has 44 heavy (non-hydrogen) atoms. The number of benzene rings is 1. The van der Waals surface area contributed by atoms with Gasteiger partial charge in [-0.15, -0.1) is 0 Å². The Bertz CT molecular complexity index is 1800. The van der Waals surface area contributed by atoms with Gasteiger partial charge in [0.15, 0.2) is 11.9 Å². The third kappa shape index (κ3) is 4.92. The lowest BCUT2D eigenvalue weighted by Gasteiger charge is -2.50. The van der Waals surface area contributed by atoms with Crippen LogP contribution >= 0.6 is 11.6 Å². The van der Waals surface area contributed by atoms with Gasteiger partial charge >= 0.3 is 6.09 Å². The number of amides is 1. The minimum absolute atomic E-state index is 0.00905. The van der Waals surface area contributed by atoms with Crippen LogP contribution < -0.4 is 10.5 Å². The van der Waals surface area contributed by atoms with E-state index < -0.39 is 5.60 Å². The van der Waals surface area contributed by atoms with E-state index in [-0.39, 0.29) is 30.0 Å². The Hall–Kier alpha value is -3.64. The molecule has 3 aromatic heterocycles. The molecule has 0 aliphatic carbocycles. The first kappa shape index (κ1) is 29.1. The monoisotopic (exact) mass is 622 g/mol. The van der Waals surface area contributed by atoms with Gasteiger partial charge in [-0.25, -0.2) is 9.48 Å². The van der Waals surface area contributed by atoms with Crippen LogP contribution in [-0.4, -0.2) is 77.5 Å². The Morgan fingerprint density at radius 2 is 1.80 bits per heavy atom. The summed E-state index contributed by atoms with van der Waals surface area (Å²) in [5, 5.41) is 11.2. The number of carbonyl (C=O) groups is 1. The summed E-state index contributed by atoms with van der Waals surface area (Å²) < 4.78 is 17.0. The number of likely N-dealkylation sites (tertiary alicyclic amines) is 1. The van der Waals surface area contributed by atoms with Gasteiger partial charge in [-0.1, -0.05) is 11.6 Å². The van der Waals surface area contributed by atoms with Crippen molar-refractivity contribution in [2.45, 2.75) is 83.2 Å². The summed E-state index contributed by atoms with van der Waals surface area (Å²) >= 11 is 6.96. The minimum Gasteiger partial charge on any atom is -0.444 e. The van der Waals surface area contributed by atoms with E-state index in [4.69, 9.17) is 31.2 Å². The van der Waals surface area contributed by atoms with Crippen molar-refractivity contribution in [1.82, 2.24) is 34.0 Å². The maximum Gasteiger partial charge on any atom is 0.410 e. The summed E-state index contributed by atoms with van der Waals surface area (Å²) in [5.41, 5.74) is 1.63. The Morgan fingerprint density at radius 3 is 2.48 bits per heavy atom. The number of hydrogen-bond donors (Lipinski definition) is 0. The zero-order valence-corrected chi connectivity index (χ0v) is 26.7. The highest BCUT2D eigenvalue weighted by Gasteiger charge is 2.42. The van der Waals surface area contributed by atoms with Gasteiger partial charge in [0.25, 0.3) is 5.56 Å². The van der Waals surface area contributed by atoms with Crippen molar-refractivity contribution in [1.29, 1.82) is 0 Å². The van der Waals surface area contributed by atoms with Gasteiger partial charge in [0.05, 0.1) is 10.5 Å². The molecule has 3 unspecified atom stereocenters. The van der Waals surface area contributed by atoms with Gasteiger partial charge in [-0.3, -0.25) is 14.0 Å². The lowest BCUT2D eigenvalue weighted by atomic mass is 9.91. The first-order valence-electron chi connectivity index (χ1n) is 15.5. The zero-order chi connectivity index (χ0) is 30.9. The maximum absolute atomic E-state index is 14.4. The Kier molecular flexibility index (Phi) is 7.12. The van der Waals surface area contributed by atoms with Crippen LogP contribution in [0.5, 0.6) is 0 Å². The average Bonchev–Trinajstić information content (AvgIpc) is 3.55. The smallest absolute Gasteiger partial charge is 0.410 e. The number of piperidine rings is 1. The van der Waals surface area contributed by atoms with E-state index in [2.05, 4.69) is 10.00 Å². The second-order valence-electron chi connectivity index (χ2n) is 13.3. The van der Waals surface area contributed by atoms with Gasteiger partial charge in [-0.05, 0) is 71.4 Å². The average molecular weight is 623 g/mol. The largest absolute Gasteiger partial charge is 0.444 e. The van der Waals surface area contributed by atoms with Crippen molar-refractivity contribution >= 4 is 45.6 Å². The molecule has 3 fully saturated rings. The molecule has 0 saturated carbocycles. The van der Waals surface area contributed by atoms with Gasteiger partial charge in [0.1, 0.15) is 16.7 Å². The van der Waals surface area contributed by atoms with E-state index in [9.17, 15) is 9.59 Å². The fourth-order valence-electron chi connectivity index (χ4n) is 6.97. The van der Waals surface area contributed by atoms with Gasteiger partial charge in [-0.2, -0.15) is 15.2 Å². The van der Waals surface area contributed by atoms with Crippen LogP contribution in [0.25, 0.3) is 33.2 Å². The third-order valence-electron chi connectivity index (χ3n) is 8.94. The van der Waals surface area contributed by atoms with E-state index in [0.29, 0.717) is 53.0 Å². The number of hydrogen-bond acceptors (Lipinski definition) is 8. The fourth-order valence-corrected chi connectivity index (χ4v) is 7.26. The van der Waals surface area contributed by atoms with Crippen molar-refractivity contribution in [2.24, 2.45) is 14.1 Å². The van der Waals surface area contributed by atoms with Crippen molar-refractivity contribution in [3.63, 3.8) is 0 Å². The predicted octanol–water partition coefficient (Wildman–Crippen LogP) is 5.01. The summed E-state index contributed by atoms with van der Waals surface area (Å²) in [6, 6.07) is 3.79. The molecule has 3 saturated heterocycles. The highest BCUT2D eigenvalue weighted by atomic mass is 35.5. The maximum atomic E-state index is 14.4. The van der Waals surface area contributed by atoms with Gasteiger partial charge in [0.2, 0.25) is 5.95 Å². The number of aromatic nitrogens is 6. The molecule has 13 heteroatoms. The summed E-state index contributed by atoms with van der Waals surface area (Å²) in [6.45, 7) is 7.29. The molecule has 3 aliphatic rings. The van der Waals surface area contributed by atoms with E-state index in [0.717, 1.165) is 49.4 Å². The van der Waals surface area contributed by atoms with Crippen LogP contribution in [0.3, 0.4) is 0 Å². The number of nitrogens with zero attached hydrogens (tertiary/aromatic N) is 8. The molecule has 12 nitrogen and oxygen atoms in total. The van der Waals surface area contributed by atoms with E-state index in [1.807, 2.05) is 51.0 Å². The number of anilines is 1. The molecule has 1 amide bonds. The fraction of sp³-hybridized carbons (Fsp3) is 0.581. The Labute approximate surface area is 260 Å². The van der Waals surface area contributed by atoms with E-state index >= 15 is 0 Å². The quantitative estimate of drug-likeness (QED) is 0.313. The number of piperazine rings is 1. The second-order valence-corrected chi connectivity index (χ2v) is 13.7.